The lowest BCUT2D eigenvalue weighted by atomic mass is 10.1. The molecule has 1 aliphatic heterocycles. The van der Waals surface area contributed by atoms with Crippen molar-refractivity contribution in [3.05, 3.63) is 23.8 Å². The summed E-state index contributed by atoms with van der Waals surface area (Å²) in [6.45, 7) is 1.14. The molecule has 5 nitrogen and oxygen atoms in total. The molecule has 0 spiro atoms. The number of carbonyl (C=O) groups is 1. The van der Waals surface area contributed by atoms with Gasteiger partial charge in [-0.05, 0) is 25.3 Å². The van der Waals surface area contributed by atoms with Gasteiger partial charge in [-0.2, -0.15) is 0 Å². The molecule has 5 heteroatoms. The third-order valence-electron chi connectivity index (χ3n) is 3.14. The Morgan fingerprint density at radius 2 is 2.17 bits per heavy atom. The van der Waals surface area contributed by atoms with Crippen molar-refractivity contribution in [2.75, 3.05) is 6.54 Å². The Morgan fingerprint density at radius 3 is 2.94 bits per heavy atom. The van der Waals surface area contributed by atoms with Gasteiger partial charge in [-0.3, -0.25) is 4.79 Å². The van der Waals surface area contributed by atoms with Crippen LogP contribution in [0, 0.1) is 0 Å². The van der Waals surface area contributed by atoms with Gasteiger partial charge >= 0.3 is 0 Å². The maximum Gasteiger partial charge on any atom is 0.237 e. The summed E-state index contributed by atoms with van der Waals surface area (Å²) in [7, 11) is 0. The van der Waals surface area contributed by atoms with Gasteiger partial charge < -0.3 is 20.8 Å². The minimum atomic E-state index is -0.208. The van der Waals surface area contributed by atoms with Gasteiger partial charge in [0.15, 0.2) is 0 Å². The summed E-state index contributed by atoms with van der Waals surface area (Å²) in [5, 5.41) is 24.8. The third-order valence-corrected chi connectivity index (χ3v) is 3.14. The van der Waals surface area contributed by atoms with E-state index in [0.29, 0.717) is 12.1 Å². The van der Waals surface area contributed by atoms with Crippen LogP contribution in [0.25, 0.3) is 0 Å². The van der Waals surface area contributed by atoms with Gasteiger partial charge in [0.1, 0.15) is 11.5 Å². The number of hydrogen-bond donors (Lipinski definition) is 4. The Balaban J connectivity index is 1.95. The first-order valence-electron chi connectivity index (χ1n) is 6.19. The zero-order chi connectivity index (χ0) is 13.0. The Bertz CT molecular complexity index is 434. The molecule has 1 fully saturated rings. The van der Waals surface area contributed by atoms with E-state index in [1.165, 1.54) is 12.1 Å². The molecule has 0 aliphatic carbocycles. The Morgan fingerprint density at radius 1 is 1.33 bits per heavy atom. The summed E-state index contributed by atoms with van der Waals surface area (Å²) < 4.78 is 0. The number of phenolic OH excluding ortho intramolecular Hbond substituents is 2. The molecule has 1 saturated heterocycles. The molecule has 1 unspecified atom stereocenters. The lowest BCUT2D eigenvalue weighted by Gasteiger charge is -2.15. The van der Waals surface area contributed by atoms with Gasteiger partial charge in [-0.15, -0.1) is 0 Å². The van der Waals surface area contributed by atoms with Gasteiger partial charge in [0, 0.05) is 24.7 Å². The highest BCUT2D eigenvalue weighted by Gasteiger charge is 2.20. The van der Waals surface area contributed by atoms with Crippen LogP contribution in [0.2, 0.25) is 0 Å². The summed E-state index contributed by atoms with van der Waals surface area (Å²) in [4.78, 5) is 11.7. The zero-order valence-electron chi connectivity index (χ0n) is 10.1. The van der Waals surface area contributed by atoms with Crippen LogP contribution in [0.15, 0.2) is 18.2 Å². The smallest absolute Gasteiger partial charge is 0.237 e. The number of phenols is 2. The fourth-order valence-electron chi connectivity index (χ4n) is 2.07. The molecule has 0 aromatic heterocycles. The molecule has 1 aliphatic rings. The highest BCUT2D eigenvalue weighted by molar-refractivity contribution is 5.81. The van der Waals surface area contributed by atoms with E-state index in [4.69, 9.17) is 0 Å². The van der Waals surface area contributed by atoms with E-state index in [1.54, 1.807) is 6.07 Å². The van der Waals surface area contributed by atoms with E-state index in [1.807, 2.05) is 0 Å². The monoisotopic (exact) mass is 250 g/mol. The lowest BCUT2D eigenvalue weighted by molar-refractivity contribution is -0.122. The summed E-state index contributed by atoms with van der Waals surface area (Å²) in [5.41, 5.74) is 0.671. The molecule has 2 rings (SSSR count). The van der Waals surface area contributed by atoms with Crippen LogP contribution < -0.4 is 10.6 Å². The summed E-state index contributed by atoms with van der Waals surface area (Å²) in [6, 6.07) is 4.25. The molecule has 18 heavy (non-hydrogen) atoms. The van der Waals surface area contributed by atoms with Crippen molar-refractivity contribution in [3.8, 4) is 11.5 Å². The second kappa shape index (κ2) is 5.73. The van der Waals surface area contributed by atoms with Crippen LogP contribution in [0.5, 0.6) is 11.5 Å². The first-order valence-corrected chi connectivity index (χ1v) is 6.19. The van der Waals surface area contributed by atoms with Crippen LogP contribution in [-0.4, -0.2) is 28.7 Å². The second-order valence-corrected chi connectivity index (χ2v) is 4.53. The molecule has 1 amide bonds. The van der Waals surface area contributed by atoms with Crippen LogP contribution in [-0.2, 0) is 11.3 Å². The lowest BCUT2D eigenvalue weighted by Crippen LogP contribution is -2.42. The molecule has 0 radical (unpaired) electrons. The topological polar surface area (TPSA) is 81.6 Å². The van der Waals surface area contributed by atoms with Gasteiger partial charge in [0.2, 0.25) is 5.91 Å². The standard InChI is InChI=1S/C13H18N2O3/c16-10-5-4-9(12(17)7-10)8-15-11-3-1-2-6-14-13(11)18/h4-5,7,11,15-17H,1-3,6,8H2,(H,14,18). The molecule has 0 saturated carbocycles. The number of carbonyl (C=O) groups excluding carboxylic acids is 1. The SMILES string of the molecule is O=C1NCCCCC1NCc1ccc(O)cc1O. The first kappa shape index (κ1) is 12.7. The fourth-order valence-corrected chi connectivity index (χ4v) is 2.07. The van der Waals surface area contributed by atoms with Gasteiger partial charge in [0.05, 0.1) is 6.04 Å². The largest absolute Gasteiger partial charge is 0.508 e. The number of rotatable bonds is 3. The van der Waals surface area contributed by atoms with Crippen molar-refractivity contribution < 1.29 is 15.0 Å². The predicted molar refractivity (Wildman–Crippen MR) is 67.3 cm³/mol. The van der Waals surface area contributed by atoms with Crippen molar-refractivity contribution in [2.24, 2.45) is 0 Å². The van der Waals surface area contributed by atoms with E-state index < -0.39 is 0 Å². The molecular formula is C13H18N2O3. The predicted octanol–water partition coefficient (Wildman–Crippen LogP) is 0.856. The first-order chi connectivity index (χ1) is 8.66. The van der Waals surface area contributed by atoms with Gasteiger partial charge in [0.25, 0.3) is 0 Å². The fraction of sp³-hybridized carbons (Fsp3) is 0.462. The molecule has 1 aromatic rings. The number of aromatic hydroxyl groups is 2. The normalized spacial score (nSPS) is 20.2. The summed E-state index contributed by atoms with van der Waals surface area (Å²) in [5.74, 6) is 0.0887. The van der Waals surface area contributed by atoms with Crippen molar-refractivity contribution in [1.82, 2.24) is 10.6 Å². The van der Waals surface area contributed by atoms with Crippen LogP contribution in [0.3, 0.4) is 0 Å². The Hall–Kier alpha value is -1.75. The van der Waals surface area contributed by atoms with Crippen LogP contribution >= 0.6 is 0 Å². The van der Waals surface area contributed by atoms with E-state index in [0.717, 1.165) is 25.8 Å². The molecule has 4 N–H and O–H groups in total. The summed E-state index contributed by atoms with van der Waals surface area (Å²) in [6.07, 6.45) is 2.83. The average Bonchev–Trinajstić information content (AvgIpc) is 2.53. The van der Waals surface area contributed by atoms with E-state index in [9.17, 15) is 15.0 Å². The number of hydrogen-bond acceptors (Lipinski definition) is 4. The third kappa shape index (κ3) is 3.13. The van der Waals surface area contributed by atoms with Crippen LogP contribution in [0.1, 0.15) is 24.8 Å². The van der Waals surface area contributed by atoms with E-state index in [2.05, 4.69) is 10.6 Å². The minimum Gasteiger partial charge on any atom is -0.508 e. The molecule has 1 heterocycles. The number of benzene rings is 1. The molecule has 1 aromatic carbocycles. The van der Waals surface area contributed by atoms with Crippen molar-refractivity contribution in [1.29, 1.82) is 0 Å². The quantitative estimate of drug-likeness (QED) is 0.641. The maximum atomic E-state index is 11.7. The molecule has 98 valence electrons. The second-order valence-electron chi connectivity index (χ2n) is 4.53. The zero-order valence-corrected chi connectivity index (χ0v) is 10.1. The van der Waals surface area contributed by atoms with Crippen molar-refractivity contribution >= 4 is 5.91 Å². The van der Waals surface area contributed by atoms with Gasteiger partial charge in [-0.1, -0.05) is 6.07 Å². The van der Waals surface area contributed by atoms with Gasteiger partial charge in [-0.25, -0.2) is 0 Å². The van der Waals surface area contributed by atoms with Crippen LogP contribution in [0.4, 0.5) is 0 Å². The highest BCUT2D eigenvalue weighted by atomic mass is 16.3. The van der Waals surface area contributed by atoms with E-state index >= 15 is 0 Å². The Kier molecular flexibility index (Phi) is 4.04. The molecule has 1 atom stereocenters. The van der Waals surface area contributed by atoms with Crippen molar-refractivity contribution in [3.63, 3.8) is 0 Å². The molecule has 0 bridgehead atoms. The minimum absolute atomic E-state index is 0.0192. The molecular weight excluding hydrogens is 232 g/mol. The Labute approximate surface area is 106 Å². The average molecular weight is 250 g/mol. The highest BCUT2D eigenvalue weighted by Crippen LogP contribution is 2.22. The maximum absolute atomic E-state index is 11.7. The summed E-state index contributed by atoms with van der Waals surface area (Å²) >= 11 is 0. The number of nitrogens with one attached hydrogen (secondary N) is 2. The van der Waals surface area contributed by atoms with Crippen molar-refractivity contribution in [2.45, 2.75) is 31.8 Å². The van der Waals surface area contributed by atoms with E-state index in [-0.39, 0.29) is 23.4 Å². The number of amides is 1.